The number of anilines is 2. The first-order valence-electron chi connectivity index (χ1n) is 8.00. The van der Waals surface area contributed by atoms with E-state index in [2.05, 4.69) is 20.0 Å². The summed E-state index contributed by atoms with van der Waals surface area (Å²) in [5.74, 6) is 0.325. The van der Waals surface area contributed by atoms with E-state index in [1.807, 2.05) is 0 Å². The van der Waals surface area contributed by atoms with Crippen molar-refractivity contribution in [2.45, 2.75) is 11.1 Å². The van der Waals surface area contributed by atoms with Crippen LogP contribution in [0.5, 0.6) is 0 Å². The van der Waals surface area contributed by atoms with Gasteiger partial charge in [0.15, 0.2) is 5.82 Å². The lowest BCUT2D eigenvalue weighted by atomic mass is 10.1. The summed E-state index contributed by atoms with van der Waals surface area (Å²) in [5, 5.41) is 2.93. The molecule has 0 bridgehead atoms. The van der Waals surface area contributed by atoms with Gasteiger partial charge < -0.3 is 5.32 Å². The van der Waals surface area contributed by atoms with Gasteiger partial charge in [-0.05, 0) is 43.4 Å². The summed E-state index contributed by atoms with van der Waals surface area (Å²) in [6, 6.07) is 10.5. The molecule has 0 aliphatic carbocycles. The van der Waals surface area contributed by atoms with E-state index in [0.717, 1.165) is 12.1 Å². The van der Waals surface area contributed by atoms with Crippen LogP contribution in [0, 0.1) is 0 Å². The average Bonchev–Trinajstić information content (AvgIpc) is 2.68. The first-order chi connectivity index (χ1) is 13.2. The van der Waals surface area contributed by atoms with Gasteiger partial charge in [-0.3, -0.25) is 4.98 Å². The van der Waals surface area contributed by atoms with E-state index < -0.39 is 21.8 Å². The monoisotopic (exact) mass is 408 g/mol. The Morgan fingerprint density at radius 3 is 2.07 bits per heavy atom. The summed E-state index contributed by atoms with van der Waals surface area (Å²) < 4.78 is 63.9. The van der Waals surface area contributed by atoms with Crippen LogP contribution in [0.1, 0.15) is 5.56 Å². The molecule has 0 amide bonds. The van der Waals surface area contributed by atoms with E-state index >= 15 is 0 Å². The fraction of sp³-hybridized carbons (Fsp3) is 0.111. The molecule has 0 radical (unpaired) electrons. The van der Waals surface area contributed by atoms with E-state index in [1.165, 1.54) is 43.7 Å². The summed E-state index contributed by atoms with van der Waals surface area (Å²) in [4.78, 5) is 8.52. The fourth-order valence-electron chi connectivity index (χ4n) is 2.43. The highest BCUT2D eigenvalue weighted by atomic mass is 32.2. The van der Waals surface area contributed by atoms with Crippen LogP contribution in [0.2, 0.25) is 0 Å². The van der Waals surface area contributed by atoms with Crippen LogP contribution in [-0.4, -0.2) is 25.4 Å². The van der Waals surface area contributed by atoms with Crippen molar-refractivity contribution in [1.29, 1.82) is 0 Å². The predicted octanol–water partition coefficient (Wildman–Crippen LogP) is 3.81. The number of nitrogens with one attached hydrogen (secondary N) is 2. The Balaban J connectivity index is 1.90. The van der Waals surface area contributed by atoms with Crippen LogP contribution in [0.25, 0.3) is 11.3 Å². The predicted molar refractivity (Wildman–Crippen MR) is 98.4 cm³/mol. The lowest BCUT2D eigenvalue weighted by Crippen LogP contribution is -2.18. The van der Waals surface area contributed by atoms with Gasteiger partial charge in [0.25, 0.3) is 0 Å². The second kappa shape index (κ2) is 7.56. The van der Waals surface area contributed by atoms with E-state index in [0.29, 0.717) is 22.8 Å². The van der Waals surface area contributed by atoms with Crippen molar-refractivity contribution < 1.29 is 21.6 Å². The Morgan fingerprint density at radius 2 is 1.50 bits per heavy atom. The Bertz CT molecular complexity index is 1070. The number of alkyl halides is 3. The summed E-state index contributed by atoms with van der Waals surface area (Å²) in [7, 11) is -2.25. The minimum absolute atomic E-state index is 0.0971. The summed E-state index contributed by atoms with van der Waals surface area (Å²) in [5.41, 5.74) is 0.677. The Hall–Kier alpha value is -2.98. The van der Waals surface area contributed by atoms with Crippen LogP contribution >= 0.6 is 0 Å². The number of hydrogen-bond acceptors (Lipinski definition) is 5. The normalized spacial score (nSPS) is 12.0. The zero-order valence-corrected chi connectivity index (χ0v) is 15.3. The van der Waals surface area contributed by atoms with Crippen LogP contribution in [0.15, 0.2) is 65.8 Å². The first-order valence-corrected chi connectivity index (χ1v) is 9.48. The topological polar surface area (TPSA) is 84.0 Å². The number of aromatic nitrogens is 2. The van der Waals surface area contributed by atoms with Crippen LogP contribution in [0.4, 0.5) is 24.7 Å². The molecule has 0 saturated heterocycles. The van der Waals surface area contributed by atoms with Gasteiger partial charge in [-0.2, -0.15) is 13.2 Å². The minimum atomic E-state index is -4.41. The first kappa shape index (κ1) is 19.8. The summed E-state index contributed by atoms with van der Waals surface area (Å²) in [6.07, 6.45) is -1.51. The molecule has 2 aromatic carbocycles. The molecule has 1 aromatic heterocycles. The van der Waals surface area contributed by atoms with E-state index in [9.17, 15) is 21.6 Å². The third-order valence-corrected chi connectivity index (χ3v) is 5.31. The van der Waals surface area contributed by atoms with Crippen molar-refractivity contribution in [2.24, 2.45) is 0 Å². The molecule has 1 heterocycles. The molecule has 0 saturated carbocycles. The zero-order chi connectivity index (χ0) is 20.4. The molecule has 146 valence electrons. The van der Waals surface area contributed by atoms with Crippen molar-refractivity contribution in [3.8, 4) is 11.3 Å². The van der Waals surface area contributed by atoms with Gasteiger partial charge in [0.05, 0.1) is 10.5 Å². The van der Waals surface area contributed by atoms with Crippen molar-refractivity contribution in [3.63, 3.8) is 0 Å². The number of halogens is 3. The SMILES string of the molecule is CNS(=O)(=O)c1ccc(-c2nccnc2Nc2ccc(C(F)(F)F)cc2)cc1. The second-order valence-electron chi connectivity index (χ2n) is 5.69. The maximum absolute atomic E-state index is 12.7. The van der Waals surface area contributed by atoms with Crippen LogP contribution < -0.4 is 10.0 Å². The smallest absolute Gasteiger partial charge is 0.338 e. The Labute approximate surface area is 159 Å². The lowest BCUT2D eigenvalue weighted by Gasteiger charge is -2.12. The van der Waals surface area contributed by atoms with Gasteiger partial charge in [0.1, 0.15) is 5.69 Å². The molecule has 3 rings (SSSR count). The third-order valence-electron chi connectivity index (χ3n) is 3.88. The highest BCUT2D eigenvalue weighted by Gasteiger charge is 2.30. The standard InChI is InChI=1S/C18H15F3N4O2S/c1-22-28(26,27)15-8-2-12(3-9-15)16-17(24-11-10-23-16)25-14-6-4-13(5-7-14)18(19,20)21/h2-11,22H,1H3,(H,24,25). The highest BCUT2D eigenvalue weighted by Crippen LogP contribution is 2.31. The molecule has 2 N–H and O–H groups in total. The highest BCUT2D eigenvalue weighted by molar-refractivity contribution is 7.89. The lowest BCUT2D eigenvalue weighted by molar-refractivity contribution is -0.137. The zero-order valence-electron chi connectivity index (χ0n) is 14.5. The number of hydrogen-bond donors (Lipinski definition) is 2. The van der Waals surface area contributed by atoms with E-state index in [1.54, 1.807) is 12.1 Å². The van der Waals surface area contributed by atoms with Crippen molar-refractivity contribution in [2.75, 3.05) is 12.4 Å². The maximum atomic E-state index is 12.7. The second-order valence-corrected chi connectivity index (χ2v) is 7.57. The fourth-order valence-corrected chi connectivity index (χ4v) is 3.16. The van der Waals surface area contributed by atoms with Crippen LogP contribution in [0.3, 0.4) is 0 Å². The van der Waals surface area contributed by atoms with Gasteiger partial charge in [0.2, 0.25) is 10.0 Å². The van der Waals surface area contributed by atoms with Crippen molar-refractivity contribution in [3.05, 3.63) is 66.5 Å². The van der Waals surface area contributed by atoms with Crippen molar-refractivity contribution in [1.82, 2.24) is 14.7 Å². The van der Waals surface area contributed by atoms with Gasteiger partial charge >= 0.3 is 6.18 Å². The number of sulfonamides is 1. The number of rotatable bonds is 5. The summed E-state index contributed by atoms with van der Waals surface area (Å²) >= 11 is 0. The van der Waals surface area contributed by atoms with Gasteiger partial charge in [0, 0.05) is 23.6 Å². The molecule has 28 heavy (non-hydrogen) atoms. The molecule has 0 aliphatic heterocycles. The quantitative estimate of drug-likeness (QED) is 0.671. The molecular weight excluding hydrogens is 393 g/mol. The number of nitrogens with zero attached hydrogens (tertiary/aromatic N) is 2. The molecule has 10 heteroatoms. The van der Waals surface area contributed by atoms with Crippen molar-refractivity contribution >= 4 is 21.5 Å². The molecule has 0 aliphatic rings. The van der Waals surface area contributed by atoms with Crippen LogP contribution in [-0.2, 0) is 16.2 Å². The van der Waals surface area contributed by atoms with E-state index in [4.69, 9.17) is 0 Å². The Morgan fingerprint density at radius 1 is 0.893 bits per heavy atom. The average molecular weight is 408 g/mol. The Kier molecular flexibility index (Phi) is 5.34. The largest absolute Gasteiger partial charge is 0.416 e. The van der Waals surface area contributed by atoms with Gasteiger partial charge in [-0.25, -0.2) is 18.1 Å². The summed E-state index contributed by atoms with van der Waals surface area (Å²) in [6.45, 7) is 0. The third kappa shape index (κ3) is 4.29. The molecule has 3 aromatic rings. The molecular formula is C18H15F3N4O2S. The molecule has 0 atom stereocenters. The minimum Gasteiger partial charge on any atom is -0.338 e. The van der Waals surface area contributed by atoms with E-state index in [-0.39, 0.29) is 4.90 Å². The molecule has 0 fully saturated rings. The van der Waals surface area contributed by atoms with Gasteiger partial charge in [-0.15, -0.1) is 0 Å². The molecule has 0 unspecified atom stereocenters. The maximum Gasteiger partial charge on any atom is 0.416 e. The molecule has 0 spiro atoms. The van der Waals surface area contributed by atoms with Gasteiger partial charge in [-0.1, -0.05) is 12.1 Å². The molecule has 6 nitrogen and oxygen atoms in total. The number of benzene rings is 2.